The molecular formula is C13H22N4O2. The van der Waals surface area contributed by atoms with Gasteiger partial charge in [-0.2, -0.15) is 0 Å². The van der Waals surface area contributed by atoms with E-state index in [1.54, 1.807) is 11.2 Å². The largest absolute Gasteiger partial charge is 0.369 e. The normalized spacial score (nSPS) is 12.9. The SMILES string of the molecule is CCC(C)n1c(=O)cc(N=CN(C)C)n(CC)c1=O. The molecule has 1 aromatic heterocycles. The van der Waals surface area contributed by atoms with Crippen LogP contribution in [0.2, 0.25) is 0 Å². The second-order valence-electron chi connectivity index (χ2n) is 4.70. The van der Waals surface area contributed by atoms with E-state index in [0.717, 1.165) is 6.42 Å². The highest BCUT2D eigenvalue weighted by Crippen LogP contribution is 2.09. The maximum absolute atomic E-state index is 12.3. The molecule has 6 heteroatoms. The molecule has 0 aliphatic rings. The summed E-state index contributed by atoms with van der Waals surface area (Å²) in [6, 6.07) is 1.31. The lowest BCUT2D eigenvalue weighted by Gasteiger charge is -2.15. The van der Waals surface area contributed by atoms with E-state index >= 15 is 0 Å². The lowest BCUT2D eigenvalue weighted by molar-refractivity contribution is 0.466. The third kappa shape index (κ3) is 3.33. The predicted octanol–water partition coefficient (Wildman–Crippen LogP) is 1.22. The topological polar surface area (TPSA) is 59.6 Å². The molecule has 19 heavy (non-hydrogen) atoms. The standard InChI is InChI=1S/C13H22N4O2/c1-6-10(3)17-12(18)8-11(14-9-15(4)5)16(7-2)13(17)19/h8-10H,6-7H2,1-5H3. The van der Waals surface area contributed by atoms with Crippen LogP contribution in [0.3, 0.4) is 0 Å². The van der Waals surface area contributed by atoms with Crippen LogP contribution in [-0.4, -0.2) is 34.5 Å². The molecule has 0 aliphatic carbocycles. The van der Waals surface area contributed by atoms with Crippen LogP contribution in [-0.2, 0) is 6.54 Å². The van der Waals surface area contributed by atoms with Crippen molar-refractivity contribution in [3.8, 4) is 0 Å². The van der Waals surface area contributed by atoms with Crippen LogP contribution in [0.1, 0.15) is 33.2 Å². The van der Waals surface area contributed by atoms with Gasteiger partial charge in [-0.05, 0) is 20.3 Å². The van der Waals surface area contributed by atoms with E-state index in [0.29, 0.717) is 12.4 Å². The molecule has 0 saturated carbocycles. The molecular weight excluding hydrogens is 244 g/mol. The van der Waals surface area contributed by atoms with Crippen molar-refractivity contribution in [2.75, 3.05) is 14.1 Å². The lowest BCUT2D eigenvalue weighted by Crippen LogP contribution is -2.40. The zero-order valence-corrected chi connectivity index (χ0v) is 12.3. The Labute approximate surface area is 113 Å². The first kappa shape index (κ1) is 15.2. The van der Waals surface area contributed by atoms with Gasteiger partial charge in [0.05, 0.1) is 6.34 Å². The van der Waals surface area contributed by atoms with Gasteiger partial charge in [0.25, 0.3) is 5.56 Å². The third-order valence-corrected chi connectivity index (χ3v) is 2.97. The van der Waals surface area contributed by atoms with Gasteiger partial charge in [0.2, 0.25) is 0 Å². The highest BCUT2D eigenvalue weighted by molar-refractivity contribution is 5.58. The van der Waals surface area contributed by atoms with Crippen LogP contribution in [0.5, 0.6) is 0 Å². The van der Waals surface area contributed by atoms with Crippen LogP contribution in [0.25, 0.3) is 0 Å². The van der Waals surface area contributed by atoms with Crippen molar-refractivity contribution in [1.82, 2.24) is 14.0 Å². The molecule has 1 atom stereocenters. The molecule has 106 valence electrons. The Bertz CT molecular complexity index is 569. The van der Waals surface area contributed by atoms with E-state index in [2.05, 4.69) is 4.99 Å². The zero-order valence-electron chi connectivity index (χ0n) is 12.3. The first-order valence-electron chi connectivity index (χ1n) is 6.49. The van der Waals surface area contributed by atoms with Gasteiger partial charge in [0.15, 0.2) is 0 Å². The Kier molecular flexibility index (Phi) is 5.09. The van der Waals surface area contributed by atoms with Crippen molar-refractivity contribution in [1.29, 1.82) is 0 Å². The Morgan fingerprint density at radius 1 is 1.37 bits per heavy atom. The fraction of sp³-hybridized carbons (Fsp3) is 0.615. The maximum Gasteiger partial charge on any atom is 0.332 e. The second kappa shape index (κ2) is 6.36. The molecule has 0 spiro atoms. The van der Waals surface area contributed by atoms with E-state index in [-0.39, 0.29) is 17.3 Å². The average Bonchev–Trinajstić information content (AvgIpc) is 2.35. The molecule has 0 fully saturated rings. The van der Waals surface area contributed by atoms with Crippen LogP contribution >= 0.6 is 0 Å². The molecule has 1 unspecified atom stereocenters. The van der Waals surface area contributed by atoms with Crippen LogP contribution < -0.4 is 11.2 Å². The first-order valence-corrected chi connectivity index (χ1v) is 6.49. The van der Waals surface area contributed by atoms with Crippen LogP contribution in [0.4, 0.5) is 5.82 Å². The van der Waals surface area contributed by atoms with Gasteiger partial charge in [-0.3, -0.25) is 13.9 Å². The molecule has 1 rings (SSSR count). The summed E-state index contributed by atoms with van der Waals surface area (Å²) in [4.78, 5) is 30.3. The molecule has 0 radical (unpaired) electrons. The Balaban J connectivity index is 3.47. The van der Waals surface area contributed by atoms with Gasteiger partial charge in [-0.15, -0.1) is 0 Å². The Morgan fingerprint density at radius 3 is 2.47 bits per heavy atom. The summed E-state index contributed by atoms with van der Waals surface area (Å²) in [5.41, 5.74) is -0.592. The molecule has 1 heterocycles. The summed E-state index contributed by atoms with van der Waals surface area (Å²) in [7, 11) is 3.66. The van der Waals surface area contributed by atoms with E-state index in [1.807, 2.05) is 34.9 Å². The number of hydrogen-bond acceptors (Lipinski definition) is 3. The molecule has 0 aliphatic heterocycles. The minimum absolute atomic E-state index is 0.107. The summed E-state index contributed by atoms with van der Waals surface area (Å²) >= 11 is 0. The third-order valence-electron chi connectivity index (χ3n) is 2.97. The molecule has 0 aromatic carbocycles. The van der Waals surface area contributed by atoms with Crippen molar-refractivity contribution >= 4 is 12.2 Å². The molecule has 0 amide bonds. The van der Waals surface area contributed by atoms with Crippen LogP contribution in [0.15, 0.2) is 20.6 Å². The van der Waals surface area contributed by atoms with Crippen molar-refractivity contribution in [3.05, 3.63) is 26.9 Å². The summed E-state index contributed by atoms with van der Waals surface area (Å²) < 4.78 is 2.80. The minimum atomic E-state index is -0.296. The number of hydrogen-bond donors (Lipinski definition) is 0. The van der Waals surface area contributed by atoms with E-state index in [1.165, 1.54) is 15.2 Å². The van der Waals surface area contributed by atoms with Gasteiger partial charge < -0.3 is 4.90 Å². The van der Waals surface area contributed by atoms with Gasteiger partial charge >= 0.3 is 5.69 Å². The lowest BCUT2D eigenvalue weighted by atomic mass is 10.2. The average molecular weight is 266 g/mol. The van der Waals surface area contributed by atoms with E-state index in [9.17, 15) is 9.59 Å². The minimum Gasteiger partial charge on any atom is -0.369 e. The van der Waals surface area contributed by atoms with Crippen molar-refractivity contribution in [2.45, 2.75) is 39.8 Å². The van der Waals surface area contributed by atoms with Gasteiger partial charge in [-0.25, -0.2) is 9.79 Å². The zero-order chi connectivity index (χ0) is 14.6. The summed E-state index contributed by atoms with van der Waals surface area (Å²) in [6.45, 7) is 6.16. The second-order valence-corrected chi connectivity index (χ2v) is 4.70. The number of rotatable bonds is 5. The highest BCUT2D eigenvalue weighted by Gasteiger charge is 2.13. The molecule has 1 aromatic rings. The van der Waals surface area contributed by atoms with Gasteiger partial charge in [0.1, 0.15) is 5.82 Å². The van der Waals surface area contributed by atoms with Crippen molar-refractivity contribution < 1.29 is 0 Å². The first-order chi connectivity index (χ1) is 8.92. The quantitative estimate of drug-likeness (QED) is 0.595. The summed E-state index contributed by atoms with van der Waals surface area (Å²) in [6.07, 6.45) is 2.31. The smallest absolute Gasteiger partial charge is 0.332 e. The monoisotopic (exact) mass is 266 g/mol. The van der Waals surface area contributed by atoms with Gasteiger partial charge in [-0.1, -0.05) is 6.92 Å². The predicted molar refractivity (Wildman–Crippen MR) is 77.5 cm³/mol. The van der Waals surface area contributed by atoms with Crippen LogP contribution in [0, 0.1) is 0 Å². The number of aliphatic imine (C=N–C) groups is 1. The Morgan fingerprint density at radius 2 is 2.00 bits per heavy atom. The maximum atomic E-state index is 12.3. The number of aromatic nitrogens is 2. The molecule has 0 N–H and O–H groups in total. The van der Waals surface area contributed by atoms with Gasteiger partial charge in [0, 0.05) is 32.7 Å². The summed E-state index contributed by atoms with van der Waals surface area (Å²) in [5, 5.41) is 0. The molecule has 0 bridgehead atoms. The van der Waals surface area contributed by atoms with Crippen molar-refractivity contribution in [3.63, 3.8) is 0 Å². The highest BCUT2D eigenvalue weighted by atomic mass is 16.2. The van der Waals surface area contributed by atoms with Crippen molar-refractivity contribution in [2.24, 2.45) is 4.99 Å². The number of nitrogens with zero attached hydrogens (tertiary/aromatic N) is 4. The molecule has 0 saturated heterocycles. The van der Waals surface area contributed by atoms with E-state index in [4.69, 9.17) is 0 Å². The summed E-state index contributed by atoms with van der Waals surface area (Å²) in [5.74, 6) is 0.394. The molecule has 6 nitrogen and oxygen atoms in total. The Hall–Kier alpha value is -1.85. The fourth-order valence-corrected chi connectivity index (χ4v) is 1.75. The fourth-order valence-electron chi connectivity index (χ4n) is 1.75. The van der Waals surface area contributed by atoms with E-state index < -0.39 is 0 Å².